The molecule has 0 spiro atoms. The Hall–Kier alpha value is -13.5. The van der Waals surface area contributed by atoms with Gasteiger partial charge in [0, 0.05) is 52.2 Å². The van der Waals surface area contributed by atoms with Gasteiger partial charge in [-0.15, -0.1) is 0 Å². The van der Waals surface area contributed by atoms with E-state index in [1.54, 1.807) is 13.8 Å². The minimum atomic E-state index is -1.92. The Kier molecular flexibility index (Phi) is 64.1. The molecule has 2 fully saturated rings. The molecular formula is C88H165N37O21. The van der Waals surface area contributed by atoms with Gasteiger partial charge in [-0.05, 0) is 238 Å². The van der Waals surface area contributed by atoms with E-state index in [-0.39, 0.29) is 232 Å². The minimum absolute atomic E-state index is 0.0107. The van der Waals surface area contributed by atoms with E-state index < -0.39 is 253 Å². The number of carbonyl (C=O) groups is 18. The van der Waals surface area contributed by atoms with Crippen molar-refractivity contribution >= 4 is 136 Å². The first kappa shape index (κ1) is 129. The van der Waals surface area contributed by atoms with Gasteiger partial charge < -0.3 is 189 Å². The number of carboxylic acids is 2. The van der Waals surface area contributed by atoms with Crippen LogP contribution in [0.5, 0.6) is 0 Å². The lowest BCUT2D eigenvalue weighted by molar-refractivity contribution is -0.149. The molecule has 0 saturated carbocycles. The van der Waals surface area contributed by atoms with Crippen molar-refractivity contribution in [2.45, 2.75) is 310 Å². The van der Waals surface area contributed by atoms with Crippen LogP contribution in [0.15, 0.2) is 0 Å². The number of carbonyl (C=O) groups excluding carboxylic acids is 16. The molecule has 0 radical (unpaired) electrons. The van der Waals surface area contributed by atoms with E-state index in [1.165, 1.54) is 9.80 Å². The Bertz CT molecular complexity index is 4240. The van der Waals surface area contributed by atoms with Crippen molar-refractivity contribution in [3.05, 3.63) is 0 Å². The van der Waals surface area contributed by atoms with E-state index in [2.05, 4.69) is 101 Å². The first-order valence-electron chi connectivity index (χ1n) is 49.9. The number of carboxylic acid groups (broad SMARTS) is 2. The molecule has 146 heavy (non-hydrogen) atoms. The lowest BCUT2D eigenvalue weighted by Gasteiger charge is -2.30. The molecule has 0 aromatic carbocycles. The first-order chi connectivity index (χ1) is 69.4. The largest absolute Gasteiger partial charge is 0.481 e. The number of unbranched alkanes of at least 4 members (excludes halogenated alkanes) is 5. The van der Waals surface area contributed by atoms with Crippen LogP contribution in [-0.2, 0) is 86.3 Å². The zero-order valence-corrected chi connectivity index (χ0v) is 83.9. The fourth-order valence-electron chi connectivity index (χ4n) is 16.0. The number of guanidine groups is 5. The molecule has 15 atom stereocenters. The Labute approximate surface area is 849 Å². The van der Waals surface area contributed by atoms with Gasteiger partial charge in [0.05, 0.1) is 19.7 Å². The van der Waals surface area contributed by atoms with Crippen LogP contribution in [0, 0.1) is 33.0 Å². The van der Waals surface area contributed by atoms with Crippen LogP contribution >= 0.6 is 0 Å². The average molecular weight is 2080 g/mol. The summed E-state index contributed by atoms with van der Waals surface area (Å²) in [6.45, 7) is 1.97. The maximum atomic E-state index is 15.0. The van der Waals surface area contributed by atoms with Crippen molar-refractivity contribution in [3.63, 3.8) is 0 Å². The molecule has 2 aliphatic heterocycles. The quantitative estimate of drug-likeness (QED) is 0.0153. The second-order valence-corrected chi connectivity index (χ2v) is 36.1. The molecule has 2 rings (SSSR count). The highest BCUT2D eigenvalue weighted by molar-refractivity contribution is 6.01. The molecule has 2 saturated heterocycles. The number of likely N-dealkylation sites (tertiary alicyclic amines) is 2. The average Bonchev–Trinajstić information content (AvgIpc) is 1.66. The van der Waals surface area contributed by atoms with Gasteiger partial charge in [-0.3, -0.25) is 109 Å². The number of hydrogen-bond donors (Lipinski definition) is 38. The molecule has 16 amide bonds. The van der Waals surface area contributed by atoms with Crippen molar-refractivity contribution in [3.8, 4) is 0 Å². The summed E-state index contributed by atoms with van der Waals surface area (Å²) in [6.07, 6.45) is 1.56. The van der Waals surface area contributed by atoms with Crippen LogP contribution in [0.2, 0.25) is 0 Å². The highest BCUT2D eigenvalue weighted by atomic mass is 16.4. The van der Waals surface area contributed by atoms with Crippen molar-refractivity contribution < 1.29 is 102 Å². The number of nitrogens with two attached hydrogens (primary N) is 11. The Balaban J connectivity index is 2.62. The molecule has 828 valence electrons. The predicted molar refractivity (Wildman–Crippen MR) is 538 cm³/mol. The van der Waals surface area contributed by atoms with E-state index in [4.69, 9.17) is 90.1 Å². The summed E-state index contributed by atoms with van der Waals surface area (Å²) in [5.74, 6) is -19.8. The molecule has 49 N–H and O–H groups in total. The Morgan fingerprint density at radius 1 is 0.301 bits per heavy atom. The molecule has 0 aromatic rings. The van der Waals surface area contributed by atoms with Crippen molar-refractivity contribution in [2.75, 3.05) is 98.2 Å². The standard InChI is InChI=1S/C88H165N37O21/c1-50(2)46-62(79(141)121-61(24-7-12-38-93)82(144)125-45-19-31-65(125)83(145)146)122-77(139)57(27-15-41-107-86(99)100)118-73(135)54(23-6-11-37-92)115-75(137)56(26-14-40-106-85(97)98)117-72(134)53(22-5-10-36-91)114-74(136)55(25-13-39-105-84(95)96)116-71(133)52(21-4-9-35-90)113-70(132)51(20-3-8-34-89)111-67(128)48-110-69(131)63(49-126)123-78(140)59(32-33-68(129)130)119-76(138)58(28-16-42-108-87(101)102)120-80(142)64-30-18-44-124(64)81(143)60(112-66(127)47-94)29-17-43-109-88(103)104/h50-65,126H,3-49,89-94H2,1-2H3,(H,110,131)(H,111,128)(H,112,127)(H,113,132)(H,114,136)(H,115,137)(H,116,133)(H,117,134)(H,118,135)(H,119,138)(H,120,142)(H,121,141)(H,122,139)(H,123,140)(H,129,130)(H,145,146)(H4,95,96,105)(H4,97,98,106)(H4,99,100,107)(H4,101,102,108)(H4,103,104,109)/t51-,52-,53-,54-,55-,56-,57-,58-,59-,60-,61-,62-,63-,64-,65-/m0/s1. The van der Waals surface area contributed by atoms with Gasteiger partial charge in [0.15, 0.2) is 29.8 Å². The summed E-state index contributed by atoms with van der Waals surface area (Å²) in [5, 5.41) is 118. The number of nitrogens with one attached hydrogen (secondary N) is 24. The number of aliphatic carboxylic acids is 2. The molecule has 2 aliphatic rings. The van der Waals surface area contributed by atoms with Gasteiger partial charge in [-0.1, -0.05) is 13.8 Å². The molecule has 0 bridgehead atoms. The summed E-state index contributed by atoms with van der Waals surface area (Å²) in [5.41, 5.74) is 62.6. The van der Waals surface area contributed by atoms with Crippen LogP contribution in [0.3, 0.4) is 0 Å². The number of hydrogen-bond acceptors (Lipinski definition) is 30. The summed E-state index contributed by atoms with van der Waals surface area (Å²) in [7, 11) is 0. The van der Waals surface area contributed by atoms with Gasteiger partial charge in [0.2, 0.25) is 94.5 Å². The van der Waals surface area contributed by atoms with Crippen LogP contribution in [0.4, 0.5) is 0 Å². The number of aliphatic hydroxyl groups is 1. The molecular weight excluding hydrogens is 1910 g/mol. The second-order valence-electron chi connectivity index (χ2n) is 36.1. The lowest BCUT2D eigenvalue weighted by atomic mass is 10.00. The fourth-order valence-corrected chi connectivity index (χ4v) is 16.0. The smallest absolute Gasteiger partial charge is 0.326 e. The van der Waals surface area contributed by atoms with Crippen molar-refractivity contribution in [1.29, 1.82) is 27.0 Å². The Morgan fingerprint density at radius 2 is 0.555 bits per heavy atom. The topological polar surface area (TPSA) is 1010 Å². The van der Waals surface area contributed by atoms with Gasteiger partial charge in [0.1, 0.15) is 90.6 Å². The van der Waals surface area contributed by atoms with E-state index >= 15 is 14.4 Å². The zero-order chi connectivity index (χ0) is 109. The summed E-state index contributed by atoms with van der Waals surface area (Å²) >= 11 is 0. The number of aliphatic hydroxyl groups excluding tert-OH is 1. The molecule has 2 heterocycles. The molecule has 58 nitrogen and oxygen atoms in total. The molecule has 58 heteroatoms. The minimum Gasteiger partial charge on any atom is -0.481 e. The van der Waals surface area contributed by atoms with E-state index in [1.807, 2.05) is 0 Å². The highest BCUT2D eigenvalue weighted by Gasteiger charge is 2.43. The molecule has 0 aromatic heterocycles. The Morgan fingerprint density at radius 3 is 0.856 bits per heavy atom. The molecule has 0 unspecified atom stereocenters. The number of rotatable bonds is 77. The summed E-state index contributed by atoms with van der Waals surface area (Å²) < 4.78 is 0. The summed E-state index contributed by atoms with van der Waals surface area (Å²) in [4.78, 5) is 257. The predicted octanol–water partition coefficient (Wildman–Crippen LogP) is -11.7. The van der Waals surface area contributed by atoms with Crippen LogP contribution in [0.1, 0.15) is 219 Å². The van der Waals surface area contributed by atoms with Gasteiger partial charge in [0.25, 0.3) is 0 Å². The molecule has 0 aliphatic carbocycles. The zero-order valence-electron chi connectivity index (χ0n) is 83.9. The van der Waals surface area contributed by atoms with Crippen LogP contribution in [-0.4, -0.2) is 350 Å². The monoisotopic (exact) mass is 2080 g/mol. The lowest BCUT2D eigenvalue weighted by Crippen LogP contribution is -2.60. The SMILES string of the molecule is CC(C)C[C@H](NC(=O)[C@H](CCCNC(=N)N)NC(=O)[C@H](CCCCN)NC(=O)[C@H](CCCNC(=N)N)NC(=O)[C@H](CCCCN)NC(=O)[C@H](CCCNC(=N)N)NC(=O)[C@H](CCCCN)NC(=O)[C@H](CCCCN)NC(=O)CNC(=O)[C@H](CO)NC(=O)[C@H](CCC(=O)O)NC(=O)[C@H](CCCNC(=N)N)NC(=O)[C@@H]1CCCN1C(=O)[C@H](CCCNC(=N)N)NC(=O)CN)C(=O)N[C@@H](CCCCN)C(=O)N1CCC[C@H]1C(=O)O. The maximum absolute atomic E-state index is 15.0. The van der Waals surface area contributed by atoms with Gasteiger partial charge in [-0.25, -0.2) is 4.79 Å². The second kappa shape index (κ2) is 72.7. The number of nitrogens with zero attached hydrogens (tertiary/aromatic N) is 2. The third-order valence-electron chi connectivity index (χ3n) is 23.7. The third-order valence-corrected chi connectivity index (χ3v) is 23.7. The van der Waals surface area contributed by atoms with E-state index in [0.29, 0.717) is 51.4 Å². The number of amides is 16. The summed E-state index contributed by atoms with van der Waals surface area (Å²) in [6, 6.07) is -22.0. The normalized spacial score (nSPS) is 15.8. The van der Waals surface area contributed by atoms with Gasteiger partial charge >= 0.3 is 11.9 Å². The van der Waals surface area contributed by atoms with Crippen molar-refractivity contribution in [1.82, 2.24) is 111 Å². The third kappa shape index (κ3) is 52.4. The highest BCUT2D eigenvalue weighted by Crippen LogP contribution is 2.24. The van der Waals surface area contributed by atoms with Crippen molar-refractivity contribution in [2.24, 2.45) is 69.0 Å². The first-order valence-corrected chi connectivity index (χ1v) is 49.9. The van der Waals surface area contributed by atoms with Crippen LogP contribution < -0.4 is 164 Å². The van der Waals surface area contributed by atoms with E-state index in [0.717, 1.165) is 0 Å². The fraction of sp³-hybridized carbons (Fsp3) is 0.739. The maximum Gasteiger partial charge on any atom is 0.326 e. The van der Waals surface area contributed by atoms with E-state index in [9.17, 15) is 87.2 Å². The van der Waals surface area contributed by atoms with Gasteiger partial charge in [-0.2, -0.15) is 0 Å². The van der Waals surface area contributed by atoms with Crippen LogP contribution in [0.25, 0.3) is 0 Å².